The van der Waals surface area contributed by atoms with E-state index < -0.39 is 0 Å². The predicted molar refractivity (Wildman–Crippen MR) is 84.7 cm³/mol. The van der Waals surface area contributed by atoms with Gasteiger partial charge in [0, 0.05) is 6.04 Å². The standard InChI is InChI=1S/C17H16N2S/c1-11-6-7-15-16(8-11)19(17(20)18-15)14-9-12-4-2-3-5-13(12)10-14/h2-8,14H,9-10H2,1H3,(H,18,20). The monoisotopic (exact) mass is 280 g/mol. The Morgan fingerprint density at radius 1 is 1.10 bits per heavy atom. The molecular formula is C17H16N2S. The summed E-state index contributed by atoms with van der Waals surface area (Å²) >= 11 is 5.55. The first kappa shape index (κ1) is 11.9. The van der Waals surface area contributed by atoms with Gasteiger partial charge in [-0.1, -0.05) is 30.3 Å². The molecular weight excluding hydrogens is 264 g/mol. The topological polar surface area (TPSA) is 20.7 Å². The molecule has 100 valence electrons. The molecule has 1 heterocycles. The van der Waals surface area contributed by atoms with Gasteiger partial charge in [0.25, 0.3) is 0 Å². The van der Waals surface area contributed by atoms with E-state index in [1.807, 2.05) is 0 Å². The summed E-state index contributed by atoms with van der Waals surface area (Å²) in [6.07, 6.45) is 2.15. The van der Waals surface area contributed by atoms with Gasteiger partial charge in [0.15, 0.2) is 4.77 Å². The lowest BCUT2D eigenvalue weighted by Crippen LogP contribution is -2.08. The van der Waals surface area contributed by atoms with Gasteiger partial charge in [-0.05, 0) is 60.8 Å². The van der Waals surface area contributed by atoms with Crippen LogP contribution in [0.5, 0.6) is 0 Å². The molecule has 4 rings (SSSR count). The van der Waals surface area contributed by atoms with E-state index in [9.17, 15) is 0 Å². The normalized spacial score (nSPS) is 14.8. The van der Waals surface area contributed by atoms with Crippen LogP contribution in [0.3, 0.4) is 0 Å². The van der Waals surface area contributed by atoms with Gasteiger partial charge in [0.2, 0.25) is 0 Å². The Labute approximate surface area is 123 Å². The molecule has 0 saturated carbocycles. The van der Waals surface area contributed by atoms with Gasteiger partial charge in [-0.25, -0.2) is 0 Å². The summed E-state index contributed by atoms with van der Waals surface area (Å²) in [5, 5.41) is 0. The van der Waals surface area contributed by atoms with Crippen molar-refractivity contribution in [2.75, 3.05) is 0 Å². The molecule has 1 N–H and O–H groups in total. The summed E-state index contributed by atoms with van der Waals surface area (Å²) in [4.78, 5) is 3.34. The van der Waals surface area contributed by atoms with Crippen LogP contribution in [-0.2, 0) is 12.8 Å². The second-order valence-corrected chi connectivity index (χ2v) is 6.04. The lowest BCUT2D eigenvalue weighted by molar-refractivity contribution is 0.537. The lowest BCUT2D eigenvalue weighted by Gasteiger charge is -2.13. The first-order chi connectivity index (χ1) is 9.72. The van der Waals surface area contributed by atoms with E-state index in [1.54, 1.807) is 0 Å². The molecule has 2 aromatic carbocycles. The lowest BCUT2D eigenvalue weighted by atomic mass is 10.1. The number of aromatic amines is 1. The van der Waals surface area contributed by atoms with E-state index in [4.69, 9.17) is 12.2 Å². The van der Waals surface area contributed by atoms with Crippen molar-refractivity contribution in [1.82, 2.24) is 9.55 Å². The molecule has 1 aromatic heterocycles. The van der Waals surface area contributed by atoms with Crippen LogP contribution in [0, 0.1) is 11.7 Å². The van der Waals surface area contributed by atoms with Crippen LogP contribution in [0.1, 0.15) is 22.7 Å². The Kier molecular flexibility index (Phi) is 2.57. The molecule has 0 bridgehead atoms. The number of benzene rings is 2. The van der Waals surface area contributed by atoms with E-state index in [2.05, 4.69) is 58.9 Å². The number of H-pyrrole nitrogens is 1. The van der Waals surface area contributed by atoms with Crippen molar-refractivity contribution in [3.63, 3.8) is 0 Å². The van der Waals surface area contributed by atoms with Crippen LogP contribution in [-0.4, -0.2) is 9.55 Å². The fraction of sp³-hybridized carbons (Fsp3) is 0.235. The maximum absolute atomic E-state index is 5.55. The maximum atomic E-state index is 5.55. The Morgan fingerprint density at radius 3 is 2.50 bits per heavy atom. The summed E-state index contributed by atoms with van der Waals surface area (Å²) in [6, 6.07) is 15.6. The van der Waals surface area contributed by atoms with E-state index in [0.29, 0.717) is 6.04 Å². The fourth-order valence-electron chi connectivity index (χ4n) is 3.31. The average Bonchev–Trinajstić information content (AvgIpc) is 2.97. The zero-order valence-electron chi connectivity index (χ0n) is 11.4. The van der Waals surface area contributed by atoms with Crippen LogP contribution in [0.25, 0.3) is 11.0 Å². The highest BCUT2D eigenvalue weighted by Crippen LogP contribution is 2.32. The third-order valence-electron chi connectivity index (χ3n) is 4.27. The summed E-state index contributed by atoms with van der Waals surface area (Å²) < 4.78 is 3.14. The Bertz CT molecular complexity index is 832. The average molecular weight is 280 g/mol. The van der Waals surface area contributed by atoms with Crippen molar-refractivity contribution in [3.05, 3.63) is 63.9 Å². The fourth-order valence-corrected chi connectivity index (χ4v) is 3.67. The quantitative estimate of drug-likeness (QED) is 0.657. The van der Waals surface area contributed by atoms with Gasteiger partial charge in [-0.15, -0.1) is 0 Å². The number of nitrogens with zero attached hydrogens (tertiary/aromatic N) is 1. The molecule has 0 radical (unpaired) electrons. The van der Waals surface area contributed by atoms with Gasteiger partial charge in [-0.3, -0.25) is 0 Å². The Morgan fingerprint density at radius 2 is 1.80 bits per heavy atom. The van der Waals surface area contributed by atoms with Crippen LogP contribution in [0.15, 0.2) is 42.5 Å². The van der Waals surface area contributed by atoms with Crippen molar-refractivity contribution < 1.29 is 0 Å². The zero-order chi connectivity index (χ0) is 13.7. The number of nitrogens with one attached hydrogen (secondary N) is 1. The largest absolute Gasteiger partial charge is 0.331 e. The number of hydrogen-bond acceptors (Lipinski definition) is 1. The number of rotatable bonds is 1. The first-order valence-electron chi connectivity index (χ1n) is 7.00. The van der Waals surface area contributed by atoms with Gasteiger partial charge in [-0.2, -0.15) is 0 Å². The summed E-state index contributed by atoms with van der Waals surface area (Å²) in [7, 11) is 0. The summed E-state index contributed by atoms with van der Waals surface area (Å²) in [6.45, 7) is 2.13. The summed E-state index contributed by atoms with van der Waals surface area (Å²) in [5.74, 6) is 0. The van der Waals surface area contributed by atoms with Crippen molar-refractivity contribution >= 4 is 23.3 Å². The second kappa shape index (κ2) is 4.32. The molecule has 0 fully saturated rings. The first-order valence-corrected chi connectivity index (χ1v) is 7.41. The minimum absolute atomic E-state index is 0.440. The van der Waals surface area contributed by atoms with Crippen LogP contribution < -0.4 is 0 Å². The van der Waals surface area contributed by atoms with E-state index in [0.717, 1.165) is 23.1 Å². The molecule has 1 aliphatic carbocycles. The van der Waals surface area contributed by atoms with E-state index >= 15 is 0 Å². The SMILES string of the molecule is Cc1ccc2[nH]c(=S)n(C3Cc4ccccc4C3)c2c1. The highest BCUT2D eigenvalue weighted by atomic mass is 32.1. The van der Waals surface area contributed by atoms with Crippen molar-refractivity contribution in [1.29, 1.82) is 0 Å². The smallest absolute Gasteiger partial charge is 0.178 e. The number of imidazole rings is 1. The molecule has 2 nitrogen and oxygen atoms in total. The highest BCUT2D eigenvalue weighted by Gasteiger charge is 2.24. The van der Waals surface area contributed by atoms with Crippen LogP contribution >= 0.6 is 12.2 Å². The molecule has 1 aliphatic rings. The van der Waals surface area contributed by atoms with Gasteiger partial charge in [0.1, 0.15) is 0 Å². The molecule has 0 spiro atoms. The van der Waals surface area contributed by atoms with Gasteiger partial charge < -0.3 is 9.55 Å². The predicted octanol–water partition coefficient (Wildman–Crippen LogP) is 4.35. The number of aryl methyl sites for hydroxylation is 1. The summed E-state index contributed by atoms with van der Waals surface area (Å²) in [5.41, 5.74) is 6.56. The Balaban J connectivity index is 1.86. The van der Waals surface area contributed by atoms with E-state index in [1.165, 1.54) is 22.2 Å². The second-order valence-electron chi connectivity index (χ2n) is 5.65. The molecule has 0 atom stereocenters. The zero-order valence-corrected chi connectivity index (χ0v) is 12.2. The van der Waals surface area contributed by atoms with Gasteiger partial charge in [0.05, 0.1) is 11.0 Å². The number of fused-ring (bicyclic) bond motifs is 2. The highest BCUT2D eigenvalue weighted by molar-refractivity contribution is 7.71. The molecule has 20 heavy (non-hydrogen) atoms. The maximum Gasteiger partial charge on any atom is 0.178 e. The van der Waals surface area contributed by atoms with Gasteiger partial charge >= 0.3 is 0 Å². The number of hydrogen-bond donors (Lipinski definition) is 1. The van der Waals surface area contributed by atoms with Crippen molar-refractivity contribution in [2.24, 2.45) is 0 Å². The molecule has 0 aliphatic heterocycles. The van der Waals surface area contributed by atoms with E-state index in [-0.39, 0.29) is 0 Å². The minimum atomic E-state index is 0.440. The Hall–Kier alpha value is -1.87. The minimum Gasteiger partial charge on any atom is -0.331 e. The third kappa shape index (κ3) is 1.74. The molecule has 0 saturated heterocycles. The molecule has 0 unspecified atom stereocenters. The van der Waals surface area contributed by atoms with Crippen LogP contribution in [0.4, 0.5) is 0 Å². The molecule has 3 heteroatoms. The number of aromatic nitrogens is 2. The molecule has 3 aromatic rings. The third-order valence-corrected chi connectivity index (χ3v) is 4.57. The van der Waals surface area contributed by atoms with Crippen LogP contribution in [0.2, 0.25) is 0 Å². The molecule has 0 amide bonds. The van der Waals surface area contributed by atoms with Crippen molar-refractivity contribution in [2.45, 2.75) is 25.8 Å². The van der Waals surface area contributed by atoms with Crippen molar-refractivity contribution in [3.8, 4) is 0 Å².